The largest absolute Gasteiger partial charge is 0.339 e. The average Bonchev–Trinajstić information content (AvgIpc) is 2.68. The molecule has 3 rings (SSSR count). The maximum absolute atomic E-state index is 12.9. The molecule has 6 nitrogen and oxygen atoms in total. The maximum Gasteiger partial charge on any atom is 0.264 e. The van der Waals surface area contributed by atoms with Crippen LogP contribution in [0.25, 0.3) is 0 Å². The van der Waals surface area contributed by atoms with Crippen LogP contribution in [0.1, 0.15) is 35.7 Å². The quantitative estimate of drug-likeness (QED) is 0.808. The fraction of sp³-hybridized carbons (Fsp3) is 0.400. The van der Waals surface area contributed by atoms with Gasteiger partial charge in [-0.1, -0.05) is 24.6 Å². The first-order valence-electron chi connectivity index (χ1n) is 9.09. The first-order chi connectivity index (χ1) is 12.8. The first kappa shape index (κ1) is 19.4. The van der Waals surface area contributed by atoms with E-state index in [1.807, 2.05) is 11.8 Å². The van der Waals surface area contributed by atoms with Crippen LogP contribution in [0.3, 0.4) is 0 Å². The van der Waals surface area contributed by atoms with Crippen LogP contribution in [0.2, 0.25) is 0 Å². The number of hydrogen-bond acceptors (Lipinski definition) is 4. The monoisotopic (exact) mass is 387 g/mol. The second-order valence-electron chi connectivity index (χ2n) is 7.19. The number of pyridine rings is 1. The zero-order chi connectivity index (χ0) is 19.6. The number of benzene rings is 1. The van der Waals surface area contributed by atoms with E-state index in [1.54, 1.807) is 30.3 Å². The van der Waals surface area contributed by atoms with Crippen molar-refractivity contribution in [3.05, 3.63) is 53.9 Å². The van der Waals surface area contributed by atoms with E-state index >= 15 is 0 Å². The molecule has 0 unspecified atom stereocenters. The Kier molecular flexibility index (Phi) is 5.51. The summed E-state index contributed by atoms with van der Waals surface area (Å²) in [7, 11) is -2.24. The van der Waals surface area contributed by atoms with Crippen LogP contribution in [0.15, 0.2) is 47.6 Å². The average molecular weight is 388 g/mol. The summed E-state index contributed by atoms with van der Waals surface area (Å²) in [4.78, 5) is 18.9. The van der Waals surface area contributed by atoms with Crippen molar-refractivity contribution >= 4 is 21.6 Å². The van der Waals surface area contributed by atoms with Crippen molar-refractivity contribution in [1.82, 2.24) is 9.88 Å². The summed E-state index contributed by atoms with van der Waals surface area (Å²) in [6.45, 7) is 5.54. The molecule has 1 aromatic carbocycles. The summed E-state index contributed by atoms with van der Waals surface area (Å²) < 4.78 is 26.9. The Morgan fingerprint density at radius 2 is 1.78 bits per heavy atom. The smallest absolute Gasteiger partial charge is 0.264 e. The summed E-state index contributed by atoms with van der Waals surface area (Å²) in [6, 6.07) is 8.28. The SMILES string of the molecule is Cc1ccc(S(=O)(=O)N(C)c2cncc(C(=O)N3CCC(C)CC3)c2)cc1. The molecule has 0 saturated carbocycles. The number of amides is 1. The molecule has 0 aliphatic carbocycles. The van der Waals surface area contributed by atoms with Crippen LogP contribution in [-0.4, -0.2) is 44.3 Å². The van der Waals surface area contributed by atoms with Gasteiger partial charge in [0.15, 0.2) is 0 Å². The molecule has 0 spiro atoms. The highest BCUT2D eigenvalue weighted by atomic mass is 32.2. The minimum absolute atomic E-state index is 0.0996. The normalized spacial score (nSPS) is 15.6. The lowest BCUT2D eigenvalue weighted by molar-refractivity contribution is 0.0697. The van der Waals surface area contributed by atoms with Crippen LogP contribution < -0.4 is 4.31 Å². The van der Waals surface area contributed by atoms with Gasteiger partial charge in [-0.15, -0.1) is 0 Å². The summed E-state index contributed by atoms with van der Waals surface area (Å²) in [5.41, 5.74) is 1.77. The Labute approximate surface area is 160 Å². The number of carbonyl (C=O) groups excluding carboxylic acids is 1. The van der Waals surface area contributed by atoms with Crippen LogP contribution in [0, 0.1) is 12.8 Å². The van der Waals surface area contributed by atoms with Gasteiger partial charge in [-0.05, 0) is 43.9 Å². The van der Waals surface area contributed by atoms with Gasteiger partial charge in [0, 0.05) is 26.3 Å². The number of sulfonamides is 1. The number of piperidine rings is 1. The number of likely N-dealkylation sites (tertiary alicyclic amines) is 1. The lowest BCUT2D eigenvalue weighted by atomic mass is 9.99. The standard InChI is InChI=1S/C20H25N3O3S/c1-15-4-6-19(7-5-15)27(25,26)22(3)18-12-17(13-21-14-18)20(24)23-10-8-16(2)9-11-23/h4-7,12-14,16H,8-11H2,1-3H3. The van der Waals surface area contributed by atoms with Gasteiger partial charge >= 0.3 is 0 Å². The molecule has 7 heteroatoms. The van der Waals surface area contributed by atoms with Crippen LogP contribution in [-0.2, 0) is 10.0 Å². The van der Waals surface area contributed by atoms with E-state index in [2.05, 4.69) is 11.9 Å². The van der Waals surface area contributed by atoms with E-state index in [4.69, 9.17) is 0 Å². The first-order valence-corrected chi connectivity index (χ1v) is 10.5. The number of carbonyl (C=O) groups is 1. The van der Waals surface area contributed by atoms with Crippen molar-refractivity contribution in [2.45, 2.75) is 31.6 Å². The molecule has 0 radical (unpaired) electrons. The molecule has 2 aromatic rings. The van der Waals surface area contributed by atoms with E-state index in [0.717, 1.165) is 31.5 Å². The molecule has 1 saturated heterocycles. The Balaban J connectivity index is 1.84. The molecule has 1 aromatic heterocycles. The van der Waals surface area contributed by atoms with Gasteiger partial charge in [0.05, 0.1) is 22.3 Å². The Bertz CT molecular complexity index is 918. The van der Waals surface area contributed by atoms with Crippen molar-refractivity contribution in [3.63, 3.8) is 0 Å². The predicted molar refractivity (Wildman–Crippen MR) is 105 cm³/mol. The number of aryl methyl sites for hydroxylation is 1. The summed E-state index contributed by atoms with van der Waals surface area (Å²) in [5.74, 6) is 0.529. The third kappa shape index (κ3) is 4.13. The highest BCUT2D eigenvalue weighted by molar-refractivity contribution is 7.92. The minimum atomic E-state index is -3.71. The van der Waals surface area contributed by atoms with Crippen LogP contribution >= 0.6 is 0 Å². The third-order valence-corrected chi connectivity index (χ3v) is 6.88. The highest BCUT2D eigenvalue weighted by Crippen LogP contribution is 2.24. The van der Waals surface area contributed by atoms with Gasteiger partial charge in [-0.2, -0.15) is 0 Å². The van der Waals surface area contributed by atoms with Crippen LogP contribution in [0.4, 0.5) is 5.69 Å². The molecule has 1 fully saturated rings. The third-order valence-electron chi connectivity index (χ3n) is 5.08. The zero-order valence-corrected chi connectivity index (χ0v) is 16.7. The van der Waals surface area contributed by atoms with E-state index in [9.17, 15) is 13.2 Å². The zero-order valence-electron chi connectivity index (χ0n) is 15.9. The molecule has 0 N–H and O–H groups in total. The Morgan fingerprint density at radius 3 is 2.41 bits per heavy atom. The molecule has 1 amide bonds. The summed E-state index contributed by atoms with van der Waals surface area (Å²) in [5, 5.41) is 0. The molecule has 0 bridgehead atoms. The van der Waals surface area contributed by atoms with Crippen LogP contribution in [0.5, 0.6) is 0 Å². The number of hydrogen-bond donors (Lipinski definition) is 0. The van der Waals surface area contributed by atoms with Crippen molar-refractivity contribution in [2.24, 2.45) is 5.92 Å². The second-order valence-corrected chi connectivity index (χ2v) is 9.16. The van der Waals surface area contributed by atoms with Gasteiger partial charge < -0.3 is 4.90 Å². The van der Waals surface area contributed by atoms with Crippen molar-refractivity contribution in [2.75, 3.05) is 24.4 Å². The van der Waals surface area contributed by atoms with Gasteiger partial charge in [0.2, 0.25) is 0 Å². The van der Waals surface area contributed by atoms with Gasteiger partial charge in [0.1, 0.15) is 0 Å². The second kappa shape index (κ2) is 7.68. The lowest BCUT2D eigenvalue weighted by Gasteiger charge is -2.30. The van der Waals surface area contributed by atoms with Crippen molar-refractivity contribution < 1.29 is 13.2 Å². The molecule has 144 valence electrons. The Morgan fingerprint density at radius 1 is 1.15 bits per heavy atom. The Hall–Kier alpha value is -2.41. The molecule has 1 aliphatic rings. The molecule has 27 heavy (non-hydrogen) atoms. The van der Waals surface area contributed by atoms with Gasteiger partial charge in [-0.25, -0.2) is 8.42 Å². The van der Waals surface area contributed by atoms with E-state index in [-0.39, 0.29) is 10.8 Å². The molecule has 1 aliphatic heterocycles. The highest BCUT2D eigenvalue weighted by Gasteiger charge is 2.25. The molecule has 2 heterocycles. The van der Waals surface area contributed by atoms with Crippen molar-refractivity contribution in [1.29, 1.82) is 0 Å². The summed E-state index contributed by atoms with van der Waals surface area (Å²) in [6.07, 6.45) is 4.93. The van der Waals surface area contributed by atoms with Crippen molar-refractivity contribution in [3.8, 4) is 0 Å². The van der Waals surface area contributed by atoms with Gasteiger partial charge in [0.25, 0.3) is 15.9 Å². The topological polar surface area (TPSA) is 70.6 Å². The van der Waals surface area contributed by atoms with E-state index in [1.165, 1.54) is 23.7 Å². The number of aromatic nitrogens is 1. The number of anilines is 1. The van der Waals surface area contributed by atoms with E-state index < -0.39 is 10.0 Å². The summed E-state index contributed by atoms with van der Waals surface area (Å²) >= 11 is 0. The minimum Gasteiger partial charge on any atom is -0.339 e. The molecule has 0 atom stereocenters. The molecular formula is C20H25N3O3S. The lowest BCUT2D eigenvalue weighted by Crippen LogP contribution is -2.38. The maximum atomic E-state index is 12.9. The predicted octanol–water partition coefficient (Wildman–Crippen LogP) is 3.09. The number of nitrogens with zero attached hydrogens (tertiary/aromatic N) is 3. The number of rotatable bonds is 4. The fourth-order valence-electron chi connectivity index (χ4n) is 3.12. The fourth-order valence-corrected chi connectivity index (χ4v) is 4.29. The molecular weight excluding hydrogens is 362 g/mol. The van der Waals surface area contributed by atoms with Gasteiger partial charge in [-0.3, -0.25) is 14.1 Å². The van der Waals surface area contributed by atoms with E-state index in [0.29, 0.717) is 17.2 Å².